The standard InChI is InChI=1S/C23H31NO2/c1-3-4-5-6-7-8-17-26-22-15-16-23(24-18-22)21-13-11-20(12-14-21)10-9-19(2)25/h8,11-19,25H,3-7,9-10H2,1-2H3. The number of hydrogen-bond donors (Lipinski definition) is 1. The van der Waals surface area contributed by atoms with Crippen LogP contribution in [0.15, 0.2) is 54.9 Å². The Labute approximate surface area is 157 Å². The van der Waals surface area contributed by atoms with Gasteiger partial charge in [-0.3, -0.25) is 4.98 Å². The predicted octanol–water partition coefficient (Wildman–Crippen LogP) is 5.92. The molecule has 2 rings (SSSR count). The largest absolute Gasteiger partial charge is 0.464 e. The summed E-state index contributed by atoms with van der Waals surface area (Å²) in [6.07, 6.45) is 13.2. The third-order valence-electron chi connectivity index (χ3n) is 4.36. The molecule has 0 aliphatic rings. The van der Waals surface area contributed by atoms with E-state index in [2.05, 4.69) is 42.2 Å². The Hall–Kier alpha value is -2.13. The van der Waals surface area contributed by atoms with Crippen molar-refractivity contribution in [3.8, 4) is 17.0 Å². The molecule has 0 aliphatic carbocycles. The topological polar surface area (TPSA) is 42.4 Å². The Balaban J connectivity index is 1.82. The van der Waals surface area contributed by atoms with E-state index in [1.54, 1.807) is 12.5 Å². The predicted molar refractivity (Wildman–Crippen MR) is 108 cm³/mol. The van der Waals surface area contributed by atoms with Crippen molar-refractivity contribution in [1.82, 2.24) is 4.98 Å². The summed E-state index contributed by atoms with van der Waals surface area (Å²) in [6.45, 7) is 4.05. The zero-order valence-corrected chi connectivity index (χ0v) is 16.0. The van der Waals surface area contributed by atoms with Gasteiger partial charge in [0, 0.05) is 5.56 Å². The van der Waals surface area contributed by atoms with Crippen molar-refractivity contribution in [2.75, 3.05) is 0 Å². The number of aromatic nitrogens is 1. The van der Waals surface area contributed by atoms with Gasteiger partial charge >= 0.3 is 0 Å². The molecule has 0 bridgehead atoms. The van der Waals surface area contributed by atoms with Crippen LogP contribution in [0, 0.1) is 0 Å². The minimum atomic E-state index is -0.255. The summed E-state index contributed by atoms with van der Waals surface area (Å²) in [5.41, 5.74) is 3.26. The van der Waals surface area contributed by atoms with Gasteiger partial charge in [-0.2, -0.15) is 0 Å². The lowest BCUT2D eigenvalue weighted by molar-refractivity contribution is 0.185. The maximum absolute atomic E-state index is 9.37. The highest BCUT2D eigenvalue weighted by molar-refractivity contribution is 5.59. The van der Waals surface area contributed by atoms with Crippen LogP contribution in [0.2, 0.25) is 0 Å². The molecule has 140 valence electrons. The molecule has 1 unspecified atom stereocenters. The molecule has 1 N–H and O–H groups in total. The average molecular weight is 354 g/mol. The zero-order chi connectivity index (χ0) is 18.6. The van der Waals surface area contributed by atoms with E-state index in [0.717, 1.165) is 36.3 Å². The van der Waals surface area contributed by atoms with Crippen molar-refractivity contribution >= 4 is 0 Å². The molecule has 0 amide bonds. The van der Waals surface area contributed by atoms with E-state index in [-0.39, 0.29) is 6.10 Å². The number of ether oxygens (including phenoxy) is 1. The number of nitrogens with zero attached hydrogens (tertiary/aromatic N) is 1. The normalized spacial score (nSPS) is 12.4. The zero-order valence-electron chi connectivity index (χ0n) is 16.0. The molecule has 1 aromatic carbocycles. The maximum Gasteiger partial charge on any atom is 0.144 e. The Morgan fingerprint density at radius 3 is 2.54 bits per heavy atom. The van der Waals surface area contributed by atoms with Crippen LogP contribution in [-0.2, 0) is 6.42 Å². The van der Waals surface area contributed by atoms with Gasteiger partial charge in [-0.25, -0.2) is 0 Å². The number of aryl methyl sites for hydroxylation is 1. The third-order valence-corrected chi connectivity index (χ3v) is 4.36. The van der Waals surface area contributed by atoms with Crippen molar-refractivity contribution in [2.24, 2.45) is 0 Å². The molecule has 3 heteroatoms. The van der Waals surface area contributed by atoms with Gasteiger partial charge in [-0.1, -0.05) is 50.5 Å². The molecule has 0 spiro atoms. The lowest BCUT2D eigenvalue weighted by Gasteiger charge is -2.06. The molecule has 1 heterocycles. The molecule has 26 heavy (non-hydrogen) atoms. The number of rotatable bonds is 11. The van der Waals surface area contributed by atoms with E-state index < -0.39 is 0 Å². The molecule has 0 saturated heterocycles. The van der Waals surface area contributed by atoms with Crippen LogP contribution in [0.3, 0.4) is 0 Å². The number of allylic oxidation sites excluding steroid dienone is 1. The Bertz CT molecular complexity index is 645. The summed E-state index contributed by atoms with van der Waals surface area (Å²) in [6, 6.07) is 12.3. The molecule has 1 atom stereocenters. The minimum absolute atomic E-state index is 0.255. The van der Waals surface area contributed by atoms with Gasteiger partial charge < -0.3 is 9.84 Å². The van der Waals surface area contributed by atoms with E-state index in [9.17, 15) is 5.11 Å². The van der Waals surface area contributed by atoms with Gasteiger partial charge in [0.15, 0.2) is 0 Å². The molecule has 0 aliphatic heterocycles. The fourth-order valence-corrected chi connectivity index (χ4v) is 2.72. The molecule has 0 radical (unpaired) electrons. The summed E-state index contributed by atoms with van der Waals surface area (Å²) >= 11 is 0. The van der Waals surface area contributed by atoms with Crippen molar-refractivity contribution in [2.45, 2.75) is 64.9 Å². The second-order valence-corrected chi connectivity index (χ2v) is 6.80. The summed E-state index contributed by atoms with van der Waals surface area (Å²) in [4.78, 5) is 4.49. The number of aliphatic hydroxyl groups is 1. The van der Waals surface area contributed by atoms with E-state index >= 15 is 0 Å². The van der Waals surface area contributed by atoms with Crippen LogP contribution in [0.1, 0.15) is 57.9 Å². The van der Waals surface area contributed by atoms with Crippen molar-refractivity contribution in [3.05, 3.63) is 60.5 Å². The fourth-order valence-electron chi connectivity index (χ4n) is 2.72. The SMILES string of the molecule is CCCCCCC=COc1ccc(-c2ccc(CCC(C)O)cc2)nc1. The van der Waals surface area contributed by atoms with Gasteiger partial charge in [0.05, 0.1) is 24.3 Å². The Morgan fingerprint density at radius 2 is 1.88 bits per heavy atom. The first-order valence-corrected chi connectivity index (χ1v) is 9.74. The highest BCUT2D eigenvalue weighted by Gasteiger charge is 2.02. The smallest absolute Gasteiger partial charge is 0.144 e. The summed E-state index contributed by atoms with van der Waals surface area (Å²) in [5.74, 6) is 0.757. The first-order valence-electron chi connectivity index (χ1n) is 9.74. The monoisotopic (exact) mass is 353 g/mol. The second kappa shape index (κ2) is 11.5. The van der Waals surface area contributed by atoms with E-state index in [4.69, 9.17) is 4.74 Å². The van der Waals surface area contributed by atoms with E-state index in [0.29, 0.717) is 0 Å². The van der Waals surface area contributed by atoms with Gasteiger partial charge in [-0.15, -0.1) is 0 Å². The highest BCUT2D eigenvalue weighted by Crippen LogP contribution is 2.21. The van der Waals surface area contributed by atoms with Gasteiger partial charge in [0.2, 0.25) is 0 Å². The van der Waals surface area contributed by atoms with Crippen LogP contribution in [0.5, 0.6) is 5.75 Å². The van der Waals surface area contributed by atoms with Crippen LogP contribution >= 0.6 is 0 Å². The van der Waals surface area contributed by atoms with Gasteiger partial charge in [0.25, 0.3) is 0 Å². The van der Waals surface area contributed by atoms with Crippen molar-refractivity contribution in [1.29, 1.82) is 0 Å². The van der Waals surface area contributed by atoms with Crippen molar-refractivity contribution < 1.29 is 9.84 Å². The summed E-state index contributed by atoms with van der Waals surface area (Å²) < 4.78 is 5.61. The van der Waals surface area contributed by atoms with Crippen LogP contribution < -0.4 is 4.74 Å². The van der Waals surface area contributed by atoms with Crippen molar-refractivity contribution in [3.63, 3.8) is 0 Å². The molecule has 1 aromatic heterocycles. The summed E-state index contributed by atoms with van der Waals surface area (Å²) in [7, 11) is 0. The summed E-state index contributed by atoms with van der Waals surface area (Å²) in [5, 5.41) is 9.37. The van der Waals surface area contributed by atoms with Gasteiger partial charge in [-0.05, 0) is 56.4 Å². The lowest BCUT2D eigenvalue weighted by atomic mass is 10.0. The van der Waals surface area contributed by atoms with Gasteiger partial charge in [0.1, 0.15) is 5.75 Å². The van der Waals surface area contributed by atoms with Crippen LogP contribution in [0.4, 0.5) is 0 Å². The highest BCUT2D eigenvalue weighted by atomic mass is 16.5. The lowest BCUT2D eigenvalue weighted by Crippen LogP contribution is -2.01. The first kappa shape index (κ1) is 20.2. The molecule has 0 fully saturated rings. The van der Waals surface area contributed by atoms with E-state index in [1.807, 2.05) is 19.1 Å². The number of hydrogen-bond acceptors (Lipinski definition) is 3. The fraction of sp³-hybridized carbons (Fsp3) is 0.435. The maximum atomic E-state index is 9.37. The molecular weight excluding hydrogens is 322 g/mol. The molecule has 0 saturated carbocycles. The number of benzene rings is 1. The molecular formula is C23H31NO2. The Morgan fingerprint density at radius 1 is 1.08 bits per heavy atom. The van der Waals surface area contributed by atoms with Crippen LogP contribution in [0.25, 0.3) is 11.3 Å². The quantitative estimate of drug-likeness (QED) is 0.402. The minimum Gasteiger partial charge on any atom is -0.464 e. The Kier molecular flexibility index (Phi) is 8.91. The average Bonchev–Trinajstić information content (AvgIpc) is 2.66. The number of aliphatic hydroxyl groups excluding tert-OH is 1. The number of unbranched alkanes of at least 4 members (excludes halogenated alkanes) is 4. The second-order valence-electron chi connectivity index (χ2n) is 6.80. The molecule has 2 aromatic rings. The first-order chi connectivity index (χ1) is 12.7. The third kappa shape index (κ3) is 7.40. The molecule has 3 nitrogen and oxygen atoms in total. The van der Waals surface area contributed by atoms with Crippen LogP contribution in [-0.4, -0.2) is 16.2 Å². The van der Waals surface area contributed by atoms with E-state index in [1.165, 1.54) is 31.2 Å². The number of pyridine rings is 1.